The molecule has 2 rings (SSSR count). The molecule has 0 aromatic heterocycles. The lowest BCUT2D eigenvalue weighted by Gasteiger charge is -2.23. The molecule has 1 aromatic carbocycles. The Morgan fingerprint density at radius 3 is 2.53 bits per heavy atom. The van der Waals surface area contributed by atoms with Crippen LogP contribution in [0.5, 0.6) is 0 Å². The number of carbonyl (C=O) groups is 1. The Kier molecular flexibility index (Phi) is 4.28. The monoisotopic (exact) mass is 328 g/mol. The number of carbonyl (C=O) groups excluding carboxylic acids is 1. The van der Waals surface area contributed by atoms with Crippen molar-refractivity contribution >= 4 is 21.9 Å². The van der Waals surface area contributed by atoms with Crippen molar-refractivity contribution in [2.45, 2.75) is 25.6 Å². The molecule has 19 heavy (non-hydrogen) atoms. The number of methoxy groups -OCH3 is 1. The van der Waals surface area contributed by atoms with Crippen LogP contribution in [0.4, 0.5) is 0 Å². The van der Waals surface area contributed by atoms with Crippen LogP contribution in [0.2, 0.25) is 0 Å². The number of halogens is 1. The molecule has 1 aromatic rings. The van der Waals surface area contributed by atoms with Gasteiger partial charge < -0.3 is 14.2 Å². The molecule has 4 nitrogen and oxygen atoms in total. The van der Waals surface area contributed by atoms with Crippen molar-refractivity contribution in [3.8, 4) is 0 Å². The van der Waals surface area contributed by atoms with Crippen LogP contribution in [0.3, 0.4) is 0 Å². The van der Waals surface area contributed by atoms with E-state index in [1.807, 2.05) is 32.0 Å². The largest absolute Gasteiger partial charge is 0.468 e. The van der Waals surface area contributed by atoms with E-state index >= 15 is 0 Å². The highest BCUT2D eigenvalue weighted by atomic mass is 79.9. The zero-order valence-corrected chi connectivity index (χ0v) is 12.8. The van der Waals surface area contributed by atoms with Crippen LogP contribution in [0.25, 0.3) is 0 Å². The topological polar surface area (TPSA) is 44.8 Å². The average molecular weight is 329 g/mol. The molecule has 1 aliphatic rings. The van der Waals surface area contributed by atoms with E-state index in [1.165, 1.54) is 7.11 Å². The summed E-state index contributed by atoms with van der Waals surface area (Å²) in [6.07, 6.45) is -0.357. The van der Waals surface area contributed by atoms with Gasteiger partial charge in [0.25, 0.3) is 0 Å². The molecular weight excluding hydrogens is 312 g/mol. The fourth-order valence-electron chi connectivity index (χ4n) is 2.03. The molecule has 1 fully saturated rings. The standard InChI is InChI=1S/C14H17BrO4/c1-14(2,13(16)17-3)10-6-9(7-11(15)8-10)12-18-4-5-19-12/h6-8,12H,4-5H2,1-3H3. The molecule has 104 valence electrons. The molecule has 5 heteroatoms. The smallest absolute Gasteiger partial charge is 0.315 e. The van der Waals surface area contributed by atoms with Crippen molar-refractivity contribution in [3.05, 3.63) is 33.8 Å². The summed E-state index contributed by atoms with van der Waals surface area (Å²) >= 11 is 3.46. The first-order valence-corrected chi connectivity index (χ1v) is 6.87. The third-order valence-corrected chi connectivity index (χ3v) is 3.69. The number of hydrogen-bond acceptors (Lipinski definition) is 4. The van der Waals surface area contributed by atoms with Gasteiger partial charge in [0, 0.05) is 10.0 Å². The fraction of sp³-hybridized carbons (Fsp3) is 0.500. The van der Waals surface area contributed by atoms with Crippen molar-refractivity contribution in [1.82, 2.24) is 0 Å². The summed E-state index contributed by atoms with van der Waals surface area (Å²) in [5.74, 6) is -0.273. The Hall–Kier alpha value is -0.910. The molecule has 1 heterocycles. The van der Waals surface area contributed by atoms with Gasteiger partial charge in [-0.05, 0) is 37.6 Å². The van der Waals surface area contributed by atoms with Crippen molar-refractivity contribution < 1.29 is 19.0 Å². The zero-order valence-electron chi connectivity index (χ0n) is 11.2. The normalized spacial score (nSPS) is 16.6. The van der Waals surface area contributed by atoms with E-state index in [1.54, 1.807) is 0 Å². The van der Waals surface area contributed by atoms with E-state index in [0.29, 0.717) is 13.2 Å². The van der Waals surface area contributed by atoms with E-state index in [0.717, 1.165) is 15.6 Å². The summed E-state index contributed by atoms with van der Waals surface area (Å²) in [5, 5.41) is 0. The van der Waals surface area contributed by atoms with Crippen molar-refractivity contribution in [3.63, 3.8) is 0 Å². The summed E-state index contributed by atoms with van der Waals surface area (Å²) in [6.45, 7) is 4.85. The van der Waals surface area contributed by atoms with Gasteiger partial charge in [-0.2, -0.15) is 0 Å². The van der Waals surface area contributed by atoms with Crippen LogP contribution in [-0.2, 0) is 24.4 Å². The number of hydrogen-bond donors (Lipinski definition) is 0. The van der Waals surface area contributed by atoms with Crippen molar-refractivity contribution in [2.75, 3.05) is 20.3 Å². The number of benzene rings is 1. The van der Waals surface area contributed by atoms with Crippen LogP contribution < -0.4 is 0 Å². The molecule has 0 atom stereocenters. The molecule has 0 aliphatic carbocycles. The van der Waals surface area contributed by atoms with E-state index in [4.69, 9.17) is 14.2 Å². The van der Waals surface area contributed by atoms with E-state index in [9.17, 15) is 4.79 Å². The maximum Gasteiger partial charge on any atom is 0.315 e. The van der Waals surface area contributed by atoms with E-state index < -0.39 is 5.41 Å². The molecule has 1 aliphatic heterocycles. The SMILES string of the molecule is COC(=O)C(C)(C)c1cc(Br)cc(C2OCCO2)c1. The highest BCUT2D eigenvalue weighted by Gasteiger charge is 2.32. The highest BCUT2D eigenvalue weighted by molar-refractivity contribution is 9.10. The van der Waals surface area contributed by atoms with Crippen molar-refractivity contribution in [2.24, 2.45) is 0 Å². The number of esters is 1. The van der Waals surface area contributed by atoms with Gasteiger partial charge in [0.15, 0.2) is 6.29 Å². The molecule has 0 unspecified atom stereocenters. The van der Waals surface area contributed by atoms with Gasteiger partial charge in [0.2, 0.25) is 0 Å². The summed E-state index contributed by atoms with van der Waals surface area (Å²) in [4.78, 5) is 11.9. The first-order valence-electron chi connectivity index (χ1n) is 6.07. The number of rotatable bonds is 3. The predicted octanol–water partition coefficient (Wildman–Crippen LogP) is 2.95. The van der Waals surface area contributed by atoms with E-state index in [-0.39, 0.29) is 12.3 Å². The van der Waals surface area contributed by atoms with Crippen LogP contribution in [0, 0.1) is 0 Å². The van der Waals surface area contributed by atoms with Crippen molar-refractivity contribution in [1.29, 1.82) is 0 Å². The summed E-state index contributed by atoms with van der Waals surface area (Å²) in [7, 11) is 1.40. The molecule has 0 N–H and O–H groups in total. The molecule has 0 saturated carbocycles. The second-order valence-electron chi connectivity index (χ2n) is 4.96. The van der Waals surface area contributed by atoms with Gasteiger partial charge in [-0.3, -0.25) is 4.79 Å². The van der Waals surface area contributed by atoms with E-state index in [2.05, 4.69) is 15.9 Å². The Labute approximate surface area is 121 Å². The molecule has 0 spiro atoms. The van der Waals surface area contributed by atoms with Crippen LogP contribution in [0.1, 0.15) is 31.3 Å². The van der Waals surface area contributed by atoms with Crippen LogP contribution in [0.15, 0.2) is 22.7 Å². The Morgan fingerprint density at radius 2 is 1.95 bits per heavy atom. The minimum atomic E-state index is -0.716. The second kappa shape index (κ2) is 5.61. The molecule has 0 radical (unpaired) electrons. The van der Waals surface area contributed by atoms with Gasteiger partial charge >= 0.3 is 5.97 Å². The first-order chi connectivity index (χ1) is 8.95. The minimum Gasteiger partial charge on any atom is -0.468 e. The van der Waals surface area contributed by atoms with Gasteiger partial charge in [-0.1, -0.05) is 15.9 Å². The predicted molar refractivity (Wildman–Crippen MR) is 73.8 cm³/mol. The Bertz CT molecular complexity index is 478. The van der Waals surface area contributed by atoms with Crippen LogP contribution >= 0.6 is 15.9 Å². The maximum atomic E-state index is 11.9. The summed E-state index contributed by atoms with van der Waals surface area (Å²) < 4.78 is 16.7. The second-order valence-corrected chi connectivity index (χ2v) is 5.88. The van der Waals surface area contributed by atoms with Gasteiger partial charge in [0.1, 0.15) is 0 Å². The lowest BCUT2D eigenvalue weighted by atomic mass is 9.84. The minimum absolute atomic E-state index is 0.273. The summed E-state index contributed by atoms with van der Waals surface area (Å²) in [6, 6.07) is 5.78. The molecular formula is C14H17BrO4. The lowest BCUT2D eigenvalue weighted by Crippen LogP contribution is -2.30. The zero-order chi connectivity index (χ0) is 14.0. The molecule has 0 amide bonds. The quantitative estimate of drug-likeness (QED) is 0.800. The van der Waals surface area contributed by atoms with Gasteiger partial charge in [0.05, 0.1) is 25.7 Å². The fourth-order valence-corrected chi connectivity index (χ4v) is 2.54. The van der Waals surface area contributed by atoms with Gasteiger partial charge in [-0.15, -0.1) is 0 Å². The van der Waals surface area contributed by atoms with Crippen LogP contribution in [-0.4, -0.2) is 26.3 Å². The molecule has 0 bridgehead atoms. The average Bonchev–Trinajstić information content (AvgIpc) is 2.90. The molecule has 1 saturated heterocycles. The summed E-state index contributed by atoms with van der Waals surface area (Å²) in [5.41, 5.74) is 1.05. The Balaban J connectivity index is 2.38. The highest BCUT2D eigenvalue weighted by Crippen LogP contribution is 2.32. The Morgan fingerprint density at radius 1 is 1.32 bits per heavy atom. The van der Waals surface area contributed by atoms with Gasteiger partial charge in [-0.25, -0.2) is 0 Å². The first kappa shape index (κ1) is 14.5. The number of ether oxygens (including phenoxy) is 3. The third kappa shape index (κ3) is 2.99. The lowest BCUT2D eigenvalue weighted by molar-refractivity contribution is -0.146. The third-order valence-electron chi connectivity index (χ3n) is 3.23. The maximum absolute atomic E-state index is 11.9.